The van der Waals surface area contributed by atoms with Crippen molar-refractivity contribution >= 4 is 68.9 Å². The number of benzene rings is 1. The molecule has 1 heterocycles. The molecule has 2 rings (SSSR count). The molecule has 0 saturated carbocycles. The summed E-state index contributed by atoms with van der Waals surface area (Å²) in [4.78, 5) is 47.6. The Balaban J connectivity index is 0.00000480. The van der Waals surface area contributed by atoms with Crippen molar-refractivity contribution in [3.05, 3.63) is 35.4 Å². The van der Waals surface area contributed by atoms with E-state index in [2.05, 4.69) is 5.32 Å². The molecule has 11 nitrogen and oxygen atoms in total. The summed E-state index contributed by atoms with van der Waals surface area (Å²) in [5.41, 5.74) is 6.12. The van der Waals surface area contributed by atoms with E-state index < -0.39 is 43.9 Å². The monoisotopic (exact) mass is 524 g/mol. The zero-order chi connectivity index (χ0) is 22.9. The van der Waals surface area contributed by atoms with E-state index in [-0.39, 0.29) is 54.8 Å². The number of carbonyl (C=O) groups excluding carboxylic acids is 4. The Labute approximate surface area is 215 Å². The van der Waals surface area contributed by atoms with E-state index in [9.17, 15) is 27.6 Å². The standard InChI is InChI=1S/C15H15Cl3N4O7S.Na.H/c16-15(17,18)13(25)21(14(19)26)6-9-3-1-8(2-4-9)5-11(23)20-10-7-22(12(10)24)30(27,28)29;;/h1-4,10H,5-7H2,(H2,19,26)(H,20,23)(H,27,28,29);;/q;+1;-1. The molecule has 1 atom stereocenters. The normalized spacial score (nSPS) is 16.1. The molecule has 4 N–H and O–H groups in total. The fraction of sp³-hybridized carbons (Fsp3) is 0.333. The summed E-state index contributed by atoms with van der Waals surface area (Å²) in [6, 6.07) is 3.93. The van der Waals surface area contributed by atoms with Crippen LogP contribution in [0.25, 0.3) is 0 Å². The Kier molecular flexibility index (Phi) is 9.60. The molecule has 1 aliphatic rings. The zero-order valence-corrected chi connectivity index (χ0v) is 21.0. The Morgan fingerprint density at radius 1 is 1.23 bits per heavy atom. The van der Waals surface area contributed by atoms with E-state index >= 15 is 0 Å². The van der Waals surface area contributed by atoms with Gasteiger partial charge in [0, 0.05) is 0 Å². The quantitative estimate of drug-likeness (QED) is 0.157. The number of nitrogens with one attached hydrogen (secondary N) is 1. The molecule has 0 aromatic heterocycles. The predicted molar refractivity (Wildman–Crippen MR) is 107 cm³/mol. The van der Waals surface area contributed by atoms with E-state index in [4.69, 9.17) is 45.1 Å². The number of primary amides is 1. The molecule has 166 valence electrons. The molecule has 0 aliphatic carbocycles. The Bertz CT molecular complexity index is 992. The fourth-order valence-corrected chi connectivity index (χ4v) is 3.49. The molecular weight excluding hydrogens is 510 g/mol. The number of halogens is 3. The van der Waals surface area contributed by atoms with Gasteiger partial charge in [0.15, 0.2) is 0 Å². The minimum absolute atomic E-state index is 0. The van der Waals surface area contributed by atoms with E-state index in [1.807, 2.05) is 0 Å². The van der Waals surface area contributed by atoms with E-state index in [1.165, 1.54) is 24.3 Å². The van der Waals surface area contributed by atoms with Crippen molar-refractivity contribution in [2.45, 2.75) is 22.8 Å². The second-order valence-electron chi connectivity index (χ2n) is 6.19. The average molecular weight is 526 g/mol. The summed E-state index contributed by atoms with van der Waals surface area (Å²) in [6.07, 6.45) is -0.136. The maximum absolute atomic E-state index is 12.0. The summed E-state index contributed by atoms with van der Waals surface area (Å²) in [5, 5.41) is 2.35. The molecule has 1 saturated heterocycles. The number of β-lactam (4-membered cyclic amide) rings is 1. The molecule has 0 spiro atoms. The third-order valence-electron chi connectivity index (χ3n) is 3.99. The van der Waals surface area contributed by atoms with Crippen molar-refractivity contribution in [3.8, 4) is 0 Å². The minimum Gasteiger partial charge on any atom is -1.00 e. The van der Waals surface area contributed by atoms with Crippen LogP contribution < -0.4 is 40.6 Å². The van der Waals surface area contributed by atoms with Crippen molar-refractivity contribution < 1.29 is 63.1 Å². The van der Waals surface area contributed by atoms with Crippen molar-refractivity contribution in [2.24, 2.45) is 5.73 Å². The van der Waals surface area contributed by atoms with Gasteiger partial charge < -0.3 is 12.5 Å². The molecular formula is C15H16Cl3N4NaO7S. The predicted octanol–water partition coefficient (Wildman–Crippen LogP) is -2.75. The molecule has 0 radical (unpaired) electrons. The maximum atomic E-state index is 12.0. The number of nitrogens with zero attached hydrogens (tertiary/aromatic N) is 2. The number of amides is 5. The van der Waals surface area contributed by atoms with Crippen LogP contribution in [0, 0.1) is 0 Å². The van der Waals surface area contributed by atoms with E-state index in [0.717, 1.165) is 0 Å². The third kappa shape index (κ3) is 7.46. The van der Waals surface area contributed by atoms with Gasteiger partial charge in [0.25, 0.3) is 15.6 Å². The van der Waals surface area contributed by atoms with Gasteiger partial charge >= 0.3 is 45.9 Å². The SMILES string of the molecule is NC(=O)N(Cc1ccc(CC(=O)NC2CN(S(=O)(=O)O)C2=O)cc1)C(=O)C(Cl)(Cl)Cl.[H-].[Na+]. The summed E-state index contributed by atoms with van der Waals surface area (Å²) in [5.74, 6) is -2.61. The van der Waals surface area contributed by atoms with Crippen molar-refractivity contribution in [1.29, 1.82) is 0 Å². The van der Waals surface area contributed by atoms with Crippen LogP contribution in [0.2, 0.25) is 0 Å². The number of urea groups is 1. The third-order valence-corrected chi connectivity index (χ3v) is 5.36. The molecule has 1 aromatic carbocycles. The van der Waals surface area contributed by atoms with Crippen molar-refractivity contribution in [3.63, 3.8) is 0 Å². The first kappa shape index (κ1) is 27.9. The molecule has 1 aromatic rings. The summed E-state index contributed by atoms with van der Waals surface area (Å²) >= 11 is 16.5. The van der Waals surface area contributed by atoms with Crippen molar-refractivity contribution in [1.82, 2.24) is 14.5 Å². The summed E-state index contributed by atoms with van der Waals surface area (Å²) in [7, 11) is -4.63. The van der Waals surface area contributed by atoms with Gasteiger partial charge in [-0.05, 0) is 11.1 Å². The first-order chi connectivity index (χ1) is 13.7. The first-order valence-corrected chi connectivity index (χ1v) is 10.6. The number of nitrogens with two attached hydrogens (primary N) is 1. The van der Waals surface area contributed by atoms with Gasteiger partial charge in [-0.3, -0.25) is 23.8 Å². The Morgan fingerprint density at radius 3 is 2.16 bits per heavy atom. The molecule has 5 amide bonds. The number of alkyl halides is 3. The number of hydrogen-bond donors (Lipinski definition) is 3. The molecule has 1 aliphatic heterocycles. The minimum atomic E-state index is -4.63. The van der Waals surface area contributed by atoms with Gasteiger partial charge in [-0.2, -0.15) is 8.42 Å². The van der Waals surface area contributed by atoms with Crippen LogP contribution in [0.3, 0.4) is 0 Å². The molecule has 1 fully saturated rings. The number of carbonyl (C=O) groups is 4. The number of hydrogen-bond acceptors (Lipinski definition) is 6. The Morgan fingerprint density at radius 2 is 1.74 bits per heavy atom. The molecule has 31 heavy (non-hydrogen) atoms. The second kappa shape index (κ2) is 10.7. The smallest absolute Gasteiger partial charge is 1.00 e. The number of imide groups is 1. The largest absolute Gasteiger partial charge is 1.00 e. The summed E-state index contributed by atoms with van der Waals surface area (Å²) < 4.78 is 28.4. The maximum Gasteiger partial charge on any atom is 1.00 e. The van der Waals surface area contributed by atoms with Gasteiger partial charge in [0.05, 0.1) is 19.5 Å². The van der Waals surface area contributed by atoms with E-state index in [1.54, 1.807) is 0 Å². The van der Waals surface area contributed by atoms with Gasteiger partial charge in [0.1, 0.15) is 6.04 Å². The van der Waals surface area contributed by atoms with Crippen LogP contribution in [0.15, 0.2) is 24.3 Å². The topological polar surface area (TPSA) is 167 Å². The van der Waals surface area contributed by atoms with Crippen LogP contribution in [0.5, 0.6) is 0 Å². The van der Waals surface area contributed by atoms with Gasteiger partial charge in [-0.15, -0.1) is 0 Å². The van der Waals surface area contributed by atoms with Crippen LogP contribution in [-0.2, 0) is 37.7 Å². The van der Waals surface area contributed by atoms with Crippen molar-refractivity contribution in [2.75, 3.05) is 6.54 Å². The van der Waals surface area contributed by atoms with Crippen LogP contribution in [0.1, 0.15) is 12.6 Å². The molecule has 16 heteroatoms. The van der Waals surface area contributed by atoms with E-state index in [0.29, 0.717) is 16.0 Å². The summed E-state index contributed by atoms with van der Waals surface area (Å²) in [6.45, 7) is -0.626. The zero-order valence-electron chi connectivity index (χ0n) is 16.9. The first-order valence-electron chi connectivity index (χ1n) is 8.04. The average Bonchev–Trinajstić information content (AvgIpc) is 2.61. The van der Waals surface area contributed by atoms with Crippen LogP contribution in [0.4, 0.5) is 4.79 Å². The Hall–Kier alpha value is -1.12. The number of rotatable bonds is 6. The van der Waals surface area contributed by atoms with Gasteiger partial charge in [-0.25, -0.2) is 9.10 Å². The van der Waals surface area contributed by atoms with Gasteiger partial charge in [0.2, 0.25) is 5.91 Å². The van der Waals surface area contributed by atoms with Crippen LogP contribution >= 0.6 is 34.8 Å². The second-order valence-corrected chi connectivity index (χ2v) is 9.81. The molecule has 1 unspecified atom stereocenters. The molecule has 0 bridgehead atoms. The van der Waals surface area contributed by atoms with Crippen LogP contribution in [-0.4, -0.2) is 62.3 Å². The fourth-order valence-electron chi connectivity index (χ4n) is 2.49. The van der Waals surface area contributed by atoms with Gasteiger partial charge in [-0.1, -0.05) is 59.1 Å².